The molecule has 0 radical (unpaired) electrons. The molecule has 5 rings (SSSR count). The smallest absolute Gasteiger partial charge is 0.228 e. The predicted octanol–water partition coefficient (Wildman–Crippen LogP) is 7.28. The first-order valence-corrected chi connectivity index (χ1v) is 14.7. The number of nitrogens with zero attached hydrogens (tertiary/aromatic N) is 2. The molecule has 0 aliphatic heterocycles. The van der Waals surface area contributed by atoms with Gasteiger partial charge >= 0.3 is 0 Å². The first-order valence-electron chi connectivity index (χ1n) is 14.7. The average molecular weight is 517 g/mol. The van der Waals surface area contributed by atoms with Gasteiger partial charge in [-0.2, -0.15) is 5.26 Å². The Hall–Kier alpha value is -2.15. The highest BCUT2D eigenvalue weighted by molar-refractivity contribution is 6.04. The Morgan fingerprint density at radius 2 is 1.66 bits per heavy atom. The number of amides is 1. The third-order valence-electron chi connectivity index (χ3n) is 12.8. The van der Waals surface area contributed by atoms with Crippen LogP contribution in [0.25, 0.3) is 0 Å². The number of rotatable bonds is 1. The fourth-order valence-corrected chi connectivity index (χ4v) is 10.6. The lowest BCUT2D eigenvalue weighted by Crippen LogP contribution is -2.65. The topological polar surface area (TPSA) is 61.2 Å². The van der Waals surface area contributed by atoms with Crippen LogP contribution in [0.2, 0.25) is 0 Å². The van der Waals surface area contributed by atoms with Crippen molar-refractivity contribution >= 4 is 11.7 Å². The summed E-state index contributed by atoms with van der Waals surface area (Å²) in [6.45, 7) is 20.8. The molecule has 0 aromatic rings. The van der Waals surface area contributed by atoms with Crippen LogP contribution >= 0.6 is 0 Å². The van der Waals surface area contributed by atoms with E-state index in [9.17, 15) is 14.9 Å². The second kappa shape index (κ2) is 7.96. The molecule has 5 aliphatic carbocycles. The summed E-state index contributed by atoms with van der Waals surface area (Å²) in [5.74, 6) is 0.948. The predicted molar refractivity (Wildman–Crippen MR) is 152 cm³/mol. The van der Waals surface area contributed by atoms with Gasteiger partial charge in [0, 0.05) is 24.9 Å². The molecule has 38 heavy (non-hydrogen) atoms. The third kappa shape index (κ3) is 3.20. The van der Waals surface area contributed by atoms with Gasteiger partial charge in [-0.15, -0.1) is 0 Å². The Bertz CT molecular complexity index is 1230. The minimum Gasteiger partial charge on any atom is -0.348 e. The van der Waals surface area contributed by atoms with Gasteiger partial charge in [0.1, 0.15) is 6.07 Å². The summed E-state index contributed by atoms with van der Waals surface area (Å²) in [6, 6.07) is 2.25. The maximum absolute atomic E-state index is 13.9. The fourth-order valence-electron chi connectivity index (χ4n) is 10.6. The zero-order valence-corrected chi connectivity index (χ0v) is 25.3. The molecule has 206 valence electrons. The number of hydrogen-bond acceptors (Lipinski definition) is 3. The summed E-state index contributed by atoms with van der Waals surface area (Å²) >= 11 is 0. The van der Waals surface area contributed by atoms with Crippen molar-refractivity contribution in [3.05, 3.63) is 35.5 Å². The zero-order chi connectivity index (χ0) is 28.3. The molecular formula is C34H48N2O2. The van der Waals surface area contributed by atoms with E-state index in [1.54, 1.807) is 0 Å². The maximum atomic E-state index is 13.9. The molecular weight excluding hydrogens is 468 g/mol. The van der Waals surface area contributed by atoms with E-state index in [1.165, 1.54) is 5.57 Å². The number of fused-ring (bicyclic) bond motifs is 7. The van der Waals surface area contributed by atoms with Gasteiger partial charge in [-0.25, -0.2) is 0 Å². The monoisotopic (exact) mass is 516 g/mol. The second-order valence-corrected chi connectivity index (χ2v) is 15.8. The molecule has 0 N–H and O–H groups in total. The Morgan fingerprint density at radius 3 is 2.26 bits per heavy atom. The van der Waals surface area contributed by atoms with E-state index in [-0.39, 0.29) is 50.6 Å². The number of carbonyl (C=O) groups excluding carboxylic acids is 2. The van der Waals surface area contributed by atoms with Crippen molar-refractivity contribution in [2.45, 2.75) is 93.4 Å². The quantitative estimate of drug-likeness (QED) is 0.368. The van der Waals surface area contributed by atoms with Gasteiger partial charge in [0.15, 0.2) is 5.78 Å². The van der Waals surface area contributed by atoms with Crippen LogP contribution < -0.4 is 0 Å². The lowest BCUT2D eigenvalue weighted by molar-refractivity contribution is -0.174. The van der Waals surface area contributed by atoms with Crippen LogP contribution in [-0.4, -0.2) is 30.7 Å². The number of Topliss-reactive ketones (excluding diaryl/α,β-unsaturated/α-hetero) is 1. The van der Waals surface area contributed by atoms with E-state index in [0.29, 0.717) is 11.5 Å². The molecule has 3 fully saturated rings. The molecule has 0 aromatic carbocycles. The minimum absolute atomic E-state index is 0.0144. The van der Waals surface area contributed by atoms with Crippen LogP contribution in [0, 0.1) is 61.6 Å². The standard InChI is InChI=1S/C34H48N2O2/c1-21-17-25-31(6)18-22(20-35)27(37)30(4,5)24(31)11-12-32(25,7)33(8)14-16-34(28(38)36(9)10)15-13-29(2,3)19-23(34)26(21)33/h17-18,23-24,26H,1,11-16,19H2,2-10H3/t23?,24-,26?,31-,32+,33+,34-/m0/s1. The van der Waals surface area contributed by atoms with Crippen LogP contribution in [0.3, 0.4) is 0 Å². The average Bonchev–Trinajstić information content (AvgIpc) is 2.82. The lowest BCUT2D eigenvalue weighted by Gasteiger charge is -2.70. The van der Waals surface area contributed by atoms with E-state index >= 15 is 0 Å². The van der Waals surface area contributed by atoms with Crippen molar-refractivity contribution in [3.63, 3.8) is 0 Å². The Balaban J connectivity index is 1.71. The van der Waals surface area contributed by atoms with Gasteiger partial charge in [0.2, 0.25) is 5.91 Å². The zero-order valence-electron chi connectivity index (χ0n) is 25.3. The summed E-state index contributed by atoms with van der Waals surface area (Å²) < 4.78 is 0. The van der Waals surface area contributed by atoms with Crippen LogP contribution in [0.5, 0.6) is 0 Å². The van der Waals surface area contributed by atoms with Crippen molar-refractivity contribution in [2.24, 2.45) is 50.2 Å². The fraction of sp³-hybridized carbons (Fsp3) is 0.735. The van der Waals surface area contributed by atoms with E-state index < -0.39 is 5.41 Å². The van der Waals surface area contributed by atoms with E-state index in [0.717, 1.165) is 50.5 Å². The Labute approximate surface area is 230 Å². The van der Waals surface area contributed by atoms with Crippen molar-refractivity contribution in [1.29, 1.82) is 5.26 Å². The van der Waals surface area contributed by atoms with Crippen molar-refractivity contribution in [1.82, 2.24) is 4.90 Å². The van der Waals surface area contributed by atoms with E-state index in [4.69, 9.17) is 6.58 Å². The normalized spacial score (nSPS) is 44.8. The van der Waals surface area contributed by atoms with Crippen LogP contribution in [-0.2, 0) is 9.59 Å². The van der Waals surface area contributed by atoms with Gasteiger partial charge < -0.3 is 4.90 Å². The molecule has 3 saturated carbocycles. The molecule has 0 aromatic heterocycles. The van der Waals surface area contributed by atoms with Crippen molar-refractivity contribution in [2.75, 3.05) is 14.1 Å². The number of ketones is 1. The summed E-state index contributed by atoms with van der Waals surface area (Å²) in [7, 11) is 3.84. The van der Waals surface area contributed by atoms with Gasteiger partial charge in [-0.05, 0) is 78.9 Å². The SMILES string of the molecule is C=C1C=C2[C@@]3(C)C=C(C#N)C(=O)C(C)(C)[C@@H]3CC[C@@]2(C)[C@]2(C)CC[C@@]3(C(=O)N(C)C)CCC(C)(C)CC3C12. The lowest BCUT2D eigenvalue weighted by atomic mass is 9.34. The van der Waals surface area contributed by atoms with Crippen molar-refractivity contribution in [3.8, 4) is 6.07 Å². The van der Waals surface area contributed by atoms with Crippen LogP contribution in [0.4, 0.5) is 0 Å². The molecule has 5 aliphatic rings. The van der Waals surface area contributed by atoms with Gasteiger partial charge in [-0.1, -0.05) is 78.3 Å². The highest BCUT2D eigenvalue weighted by atomic mass is 16.2. The first-order chi connectivity index (χ1) is 17.4. The Morgan fingerprint density at radius 1 is 1.03 bits per heavy atom. The largest absolute Gasteiger partial charge is 0.348 e. The van der Waals surface area contributed by atoms with Gasteiger partial charge in [0.25, 0.3) is 0 Å². The molecule has 0 spiro atoms. The van der Waals surface area contributed by atoms with Crippen LogP contribution in [0.1, 0.15) is 93.4 Å². The van der Waals surface area contributed by atoms with E-state index in [1.807, 2.05) is 38.9 Å². The molecule has 4 nitrogen and oxygen atoms in total. The molecule has 7 atom stereocenters. The molecule has 4 heteroatoms. The Kier molecular flexibility index (Phi) is 5.74. The number of nitriles is 1. The summed E-state index contributed by atoms with van der Waals surface area (Å²) in [4.78, 5) is 29.1. The first kappa shape index (κ1) is 27.4. The minimum atomic E-state index is -0.580. The summed E-state index contributed by atoms with van der Waals surface area (Å²) in [5.41, 5.74) is 1.63. The second-order valence-electron chi connectivity index (χ2n) is 15.8. The highest BCUT2D eigenvalue weighted by Gasteiger charge is 2.69. The maximum Gasteiger partial charge on any atom is 0.228 e. The summed E-state index contributed by atoms with van der Waals surface area (Å²) in [5, 5.41) is 9.94. The van der Waals surface area contributed by atoms with Crippen molar-refractivity contribution < 1.29 is 9.59 Å². The third-order valence-corrected chi connectivity index (χ3v) is 12.8. The summed E-state index contributed by atoms with van der Waals surface area (Å²) in [6.07, 6.45) is 11.4. The van der Waals surface area contributed by atoms with Gasteiger partial charge in [0.05, 0.1) is 11.0 Å². The molecule has 2 unspecified atom stereocenters. The van der Waals surface area contributed by atoms with Gasteiger partial charge in [-0.3, -0.25) is 9.59 Å². The van der Waals surface area contributed by atoms with E-state index in [2.05, 4.69) is 46.8 Å². The molecule has 1 amide bonds. The number of hydrogen-bond donors (Lipinski definition) is 0. The highest BCUT2D eigenvalue weighted by Crippen LogP contribution is 2.75. The molecule has 0 heterocycles. The number of carbonyl (C=O) groups is 2. The van der Waals surface area contributed by atoms with Crippen LogP contribution in [0.15, 0.2) is 35.5 Å². The molecule has 0 saturated heterocycles. The molecule has 0 bridgehead atoms. The number of allylic oxidation sites excluding steroid dienone is 5.